The topological polar surface area (TPSA) is 95.1 Å². The minimum atomic E-state index is -0.527. The van der Waals surface area contributed by atoms with Crippen LogP contribution in [0.2, 0.25) is 5.02 Å². The molecule has 0 aliphatic carbocycles. The Bertz CT molecular complexity index is 919. The van der Waals surface area contributed by atoms with Crippen LogP contribution in [0.25, 0.3) is 0 Å². The van der Waals surface area contributed by atoms with Gasteiger partial charge in [0.1, 0.15) is 6.54 Å². The van der Waals surface area contributed by atoms with E-state index in [1.165, 1.54) is 23.8 Å². The molecule has 0 spiro atoms. The number of halogens is 1. The number of ether oxygens (including phenoxy) is 2. The van der Waals surface area contributed by atoms with Crippen molar-refractivity contribution in [2.45, 2.75) is 13.0 Å². The van der Waals surface area contributed by atoms with Crippen LogP contribution >= 0.6 is 11.6 Å². The van der Waals surface area contributed by atoms with Gasteiger partial charge < -0.3 is 19.7 Å². The number of nitro benzene ring substituents is 1. The van der Waals surface area contributed by atoms with Crippen LogP contribution in [0.1, 0.15) is 11.1 Å². The number of benzene rings is 2. The molecule has 1 heterocycles. The first-order valence-corrected chi connectivity index (χ1v) is 9.10. The van der Waals surface area contributed by atoms with Crippen molar-refractivity contribution in [2.75, 3.05) is 32.6 Å². The highest BCUT2D eigenvalue weighted by Crippen LogP contribution is 2.31. The summed E-state index contributed by atoms with van der Waals surface area (Å²) in [4.78, 5) is 23.9. The molecule has 1 amide bonds. The summed E-state index contributed by atoms with van der Waals surface area (Å²) in [5.41, 5.74) is 2.41. The Kier molecular flexibility index (Phi) is 6.01. The highest BCUT2D eigenvalue weighted by Gasteiger charge is 2.24. The van der Waals surface area contributed by atoms with E-state index in [9.17, 15) is 14.9 Å². The monoisotopic (exact) mass is 406 g/mol. The molecular weight excluding hydrogens is 386 g/mol. The zero-order chi connectivity index (χ0) is 20.3. The summed E-state index contributed by atoms with van der Waals surface area (Å²) in [7, 11) is 3.20. The maximum atomic E-state index is 12.4. The first-order chi connectivity index (χ1) is 13.4. The summed E-state index contributed by atoms with van der Waals surface area (Å²) in [6, 6.07) is 7.89. The van der Waals surface area contributed by atoms with Gasteiger partial charge in [-0.05, 0) is 23.8 Å². The van der Waals surface area contributed by atoms with E-state index in [0.29, 0.717) is 18.0 Å². The van der Waals surface area contributed by atoms with Gasteiger partial charge in [-0.1, -0.05) is 11.6 Å². The summed E-state index contributed by atoms with van der Waals surface area (Å²) in [6.45, 7) is 1.69. The van der Waals surface area contributed by atoms with Crippen molar-refractivity contribution in [2.24, 2.45) is 0 Å². The minimum absolute atomic E-state index is 0.125. The van der Waals surface area contributed by atoms with Gasteiger partial charge in [0.15, 0.2) is 18.0 Å². The van der Waals surface area contributed by atoms with Crippen LogP contribution in [0.5, 0.6) is 11.5 Å². The lowest BCUT2D eigenvalue weighted by atomic mass is 9.99. The van der Waals surface area contributed by atoms with E-state index in [1.807, 2.05) is 12.1 Å². The van der Waals surface area contributed by atoms with Crippen LogP contribution in [-0.4, -0.2) is 38.1 Å². The quantitative estimate of drug-likeness (QED) is 0.564. The zero-order valence-corrected chi connectivity index (χ0v) is 16.3. The van der Waals surface area contributed by atoms with Crippen molar-refractivity contribution in [1.82, 2.24) is 0 Å². The van der Waals surface area contributed by atoms with E-state index < -0.39 is 4.92 Å². The summed E-state index contributed by atoms with van der Waals surface area (Å²) in [6.07, 6.45) is 0.815. The lowest BCUT2D eigenvalue weighted by molar-refractivity contribution is -0.907. The van der Waals surface area contributed by atoms with Gasteiger partial charge in [0.25, 0.3) is 11.6 Å². The molecule has 0 saturated heterocycles. The summed E-state index contributed by atoms with van der Waals surface area (Å²) in [5.74, 6) is 1.11. The molecule has 3 rings (SSSR count). The van der Waals surface area contributed by atoms with Crippen molar-refractivity contribution in [1.29, 1.82) is 0 Å². The van der Waals surface area contributed by atoms with Gasteiger partial charge in [-0.25, -0.2) is 0 Å². The molecule has 28 heavy (non-hydrogen) atoms. The number of nitrogens with one attached hydrogen (secondary N) is 2. The lowest BCUT2D eigenvalue weighted by Gasteiger charge is -2.26. The van der Waals surface area contributed by atoms with E-state index in [2.05, 4.69) is 5.32 Å². The van der Waals surface area contributed by atoms with Gasteiger partial charge >= 0.3 is 0 Å². The van der Waals surface area contributed by atoms with Gasteiger partial charge in [-0.3, -0.25) is 14.9 Å². The number of carbonyl (C=O) groups excluding carboxylic acids is 1. The molecule has 0 radical (unpaired) electrons. The van der Waals surface area contributed by atoms with E-state index >= 15 is 0 Å². The lowest BCUT2D eigenvalue weighted by Crippen LogP contribution is -3.12. The molecule has 2 aromatic rings. The Morgan fingerprint density at radius 2 is 1.89 bits per heavy atom. The number of amides is 1. The second kappa shape index (κ2) is 8.45. The number of methoxy groups -OCH3 is 2. The minimum Gasteiger partial charge on any atom is -0.493 e. The van der Waals surface area contributed by atoms with Crippen LogP contribution in [-0.2, 0) is 17.8 Å². The number of nitrogens with zero attached hydrogens (tertiary/aromatic N) is 1. The Labute approximate surface area is 167 Å². The van der Waals surface area contributed by atoms with Gasteiger partial charge in [0.2, 0.25) is 0 Å². The average Bonchev–Trinajstić information content (AvgIpc) is 2.68. The predicted octanol–water partition coefficient (Wildman–Crippen LogP) is 1.85. The smallest absolute Gasteiger partial charge is 0.279 e. The molecule has 1 unspecified atom stereocenters. The standard InChI is InChI=1S/C19H20ClN3O5/c1-27-17-7-12-5-6-22(10-13(12)8-18(17)28-2)11-19(24)21-16-9-14(23(25)26)3-4-15(16)20/h3-4,7-9H,5-6,10-11H2,1-2H3,(H,21,24)/p+1. The highest BCUT2D eigenvalue weighted by molar-refractivity contribution is 6.33. The molecule has 2 N–H and O–H groups in total. The number of quaternary nitrogens is 1. The van der Waals surface area contributed by atoms with Crippen molar-refractivity contribution >= 4 is 28.9 Å². The highest BCUT2D eigenvalue weighted by atomic mass is 35.5. The number of carbonyl (C=O) groups is 1. The summed E-state index contributed by atoms with van der Waals surface area (Å²) < 4.78 is 10.7. The first-order valence-electron chi connectivity index (χ1n) is 8.72. The summed E-state index contributed by atoms with van der Waals surface area (Å²) >= 11 is 6.05. The second-order valence-corrected chi connectivity index (χ2v) is 6.96. The van der Waals surface area contributed by atoms with E-state index in [1.54, 1.807) is 14.2 Å². The zero-order valence-electron chi connectivity index (χ0n) is 15.6. The Hall–Kier alpha value is -2.84. The molecule has 1 aliphatic heterocycles. The number of hydrogen-bond acceptors (Lipinski definition) is 5. The molecule has 148 valence electrons. The van der Waals surface area contributed by atoms with Crippen molar-refractivity contribution in [3.63, 3.8) is 0 Å². The molecule has 0 bridgehead atoms. The Morgan fingerprint density at radius 1 is 1.21 bits per heavy atom. The van der Waals surface area contributed by atoms with Crippen LogP contribution in [0.3, 0.4) is 0 Å². The van der Waals surface area contributed by atoms with Gasteiger partial charge in [0, 0.05) is 24.1 Å². The number of non-ortho nitro benzene ring substituents is 1. The molecule has 1 aliphatic rings. The average molecular weight is 407 g/mol. The molecule has 2 aromatic carbocycles. The molecule has 0 saturated carbocycles. The van der Waals surface area contributed by atoms with E-state index in [4.69, 9.17) is 21.1 Å². The number of fused-ring (bicyclic) bond motifs is 1. The van der Waals surface area contributed by atoms with Crippen LogP contribution < -0.4 is 19.7 Å². The third-order valence-corrected chi connectivity index (χ3v) is 5.07. The third-order valence-electron chi connectivity index (χ3n) is 4.74. The van der Waals surface area contributed by atoms with E-state index in [0.717, 1.165) is 23.4 Å². The molecule has 0 fully saturated rings. The van der Waals surface area contributed by atoms with Crippen LogP contribution in [0.4, 0.5) is 11.4 Å². The summed E-state index contributed by atoms with van der Waals surface area (Å²) in [5, 5.41) is 13.8. The molecule has 1 atom stereocenters. The predicted molar refractivity (Wildman–Crippen MR) is 104 cm³/mol. The Balaban J connectivity index is 1.68. The number of rotatable bonds is 6. The fourth-order valence-corrected chi connectivity index (χ4v) is 3.49. The van der Waals surface area contributed by atoms with E-state index in [-0.39, 0.29) is 28.8 Å². The third kappa shape index (κ3) is 4.35. The molecule has 9 heteroatoms. The molecule has 8 nitrogen and oxygen atoms in total. The fraction of sp³-hybridized carbons (Fsp3) is 0.316. The largest absolute Gasteiger partial charge is 0.493 e. The first kappa shape index (κ1) is 19.9. The normalized spacial score (nSPS) is 15.5. The second-order valence-electron chi connectivity index (χ2n) is 6.55. The van der Waals surface area contributed by atoms with Gasteiger partial charge in [-0.15, -0.1) is 0 Å². The number of anilines is 1. The van der Waals surface area contributed by atoms with Crippen LogP contribution in [0, 0.1) is 10.1 Å². The van der Waals surface area contributed by atoms with Crippen LogP contribution in [0.15, 0.2) is 30.3 Å². The molecular formula is C19H21ClN3O5+. The number of hydrogen-bond donors (Lipinski definition) is 2. The fourth-order valence-electron chi connectivity index (χ4n) is 3.32. The number of nitro groups is 1. The van der Waals surface area contributed by atoms with Crippen molar-refractivity contribution in [3.8, 4) is 11.5 Å². The Morgan fingerprint density at radius 3 is 2.54 bits per heavy atom. The maximum absolute atomic E-state index is 12.4. The van der Waals surface area contributed by atoms with Crippen molar-refractivity contribution in [3.05, 3.63) is 56.6 Å². The SMILES string of the molecule is COc1cc2c(cc1OC)C[NH+](CC(=O)Nc1cc([N+](=O)[O-])ccc1Cl)CC2. The maximum Gasteiger partial charge on any atom is 0.279 e. The van der Waals surface area contributed by atoms with Gasteiger partial charge in [0.05, 0.1) is 36.4 Å². The molecule has 0 aromatic heterocycles. The van der Waals surface area contributed by atoms with Crippen molar-refractivity contribution < 1.29 is 24.1 Å². The van der Waals surface area contributed by atoms with Gasteiger partial charge in [-0.2, -0.15) is 0 Å².